The van der Waals surface area contributed by atoms with Gasteiger partial charge < -0.3 is 14.6 Å². The van der Waals surface area contributed by atoms with Gasteiger partial charge in [0.2, 0.25) is 0 Å². The van der Waals surface area contributed by atoms with Crippen molar-refractivity contribution in [2.75, 3.05) is 0 Å². The van der Waals surface area contributed by atoms with Gasteiger partial charge in [0.15, 0.2) is 0 Å². The summed E-state index contributed by atoms with van der Waals surface area (Å²) in [5.41, 5.74) is 0. The van der Waals surface area contributed by atoms with Gasteiger partial charge in [-0.3, -0.25) is 4.79 Å². The van der Waals surface area contributed by atoms with Crippen LogP contribution in [0.25, 0.3) is 0 Å². The third-order valence-corrected chi connectivity index (χ3v) is 5.20. The Kier molecular flexibility index (Phi) is 8.38. The lowest BCUT2D eigenvalue weighted by atomic mass is 10.0. The molecular weight excluding hydrogens is 292 g/mol. The van der Waals surface area contributed by atoms with Crippen molar-refractivity contribution in [3.63, 3.8) is 0 Å². The number of carbonyl (C=O) groups is 1. The molecule has 23 heavy (non-hydrogen) atoms. The minimum Gasteiger partial charge on any atom is -0.460 e. The van der Waals surface area contributed by atoms with Gasteiger partial charge >= 0.3 is 5.97 Å². The maximum atomic E-state index is 11.2. The molecule has 2 fully saturated rings. The summed E-state index contributed by atoms with van der Waals surface area (Å²) in [7, 11) is 0. The first-order valence-electron chi connectivity index (χ1n) is 9.73. The Labute approximate surface area is 140 Å². The van der Waals surface area contributed by atoms with Gasteiger partial charge in [-0.15, -0.1) is 0 Å². The molecule has 0 aromatic rings. The summed E-state index contributed by atoms with van der Waals surface area (Å²) >= 11 is 0. The summed E-state index contributed by atoms with van der Waals surface area (Å²) in [6, 6.07) is 0. The van der Waals surface area contributed by atoms with Gasteiger partial charge in [-0.1, -0.05) is 58.3 Å². The maximum Gasteiger partial charge on any atom is 0.306 e. The van der Waals surface area contributed by atoms with E-state index in [1.54, 1.807) is 0 Å². The van der Waals surface area contributed by atoms with E-state index >= 15 is 0 Å². The summed E-state index contributed by atoms with van der Waals surface area (Å²) in [5, 5.41) is 10.3. The molecule has 2 aliphatic heterocycles. The Morgan fingerprint density at radius 2 is 1.70 bits per heavy atom. The Hall–Kier alpha value is -0.610. The van der Waals surface area contributed by atoms with Gasteiger partial charge in [-0.05, 0) is 25.7 Å². The fraction of sp³-hybridized carbons (Fsp3) is 0.947. The Morgan fingerprint density at radius 3 is 2.35 bits per heavy atom. The quantitative estimate of drug-likeness (QED) is 0.458. The van der Waals surface area contributed by atoms with Gasteiger partial charge in [-0.25, -0.2) is 0 Å². The van der Waals surface area contributed by atoms with Crippen LogP contribution in [0.2, 0.25) is 0 Å². The monoisotopic (exact) mass is 326 g/mol. The van der Waals surface area contributed by atoms with Crippen molar-refractivity contribution >= 4 is 5.97 Å². The van der Waals surface area contributed by atoms with Crippen LogP contribution >= 0.6 is 0 Å². The van der Waals surface area contributed by atoms with Crippen LogP contribution in [0.4, 0.5) is 0 Å². The molecule has 2 rings (SSSR count). The van der Waals surface area contributed by atoms with E-state index in [-0.39, 0.29) is 30.4 Å². The minimum atomic E-state index is -0.364. The largest absolute Gasteiger partial charge is 0.460 e. The molecule has 4 nitrogen and oxygen atoms in total. The maximum absolute atomic E-state index is 11.2. The lowest BCUT2D eigenvalue weighted by molar-refractivity contribution is -0.148. The van der Waals surface area contributed by atoms with Gasteiger partial charge in [-0.2, -0.15) is 0 Å². The highest BCUT2D eigenvalue weighted by atomic mass is 16.6. The smallest absolute Gasteiger partial charge is 0.306 e. The van der Waals surface area contributed by atoms with Gasteiger partial charge in [0.1, 0.15) is 6.10 Å². The van der Waals surface area contributed by atoms with E-state index in [0.29, 0.717) is 6.42 Å². The molecule has 4 heteroatoms. The summed E-state index contributed by atoms with van der Waals surface area (Å²) < 4.78 is 11.2. The molecule has 0 unspecified atom stereocenters. The topological polar surface area (TPSA) is 55.8 Å². The van der Waals surface area contributed by atoms with Crippen LogP contribution in [0, 0.1) is 0 Å². The number of aliphatic hydroxyl groups excluding tert-OH is 1. The molecule has 0 aromatic carbocycles. The Bertz CT molecular complexity index is 344. The van der Waals surface area contributed by atoms with Crippen LogP contribution < -0.4 is 0 Å². The van der Waals surface area contributed by atoms with Crippen molar-refractivity contribution < 1.29 is 19.4 Å². The number of esters is 1. The molecule has 134 valence electrons. The molecular formula is C19H34O4. The molecule has 2 aliphatic rings. The van der Waals surface area contributed by atoms with E-state index in [4.69, 9.17) is 9.47 Å². The first kappa shape index (κ1) is 18.7. The molecule has 0 aliphatic carbocycles. The number of rotatable bonds is 11. The van der Waals surface area contributed by atoms with E-state index in [1.807, 2.05) is 0 Å². The van der Waals surface area contributed by atoms with Gasteiger partial charge in [0.25, 0.3) is 0 Å². The fourth-order valence-electron chi connectivity index (χ4n) is 3.73. The van der Waals surface area contributed by atoms with Crippen LogP contribution in [0.3, 0.4) is 0 Å². The van der Waals surface area contributed by atoms with Crippen molar-refractivity contribution in [3.05, 3.63) is 0 Å². The highest BCUT2D eigenvalue weighted by Crippen LogP contribution is 2.31. The molecule has 2 saturated heterocycles. The summed E-state index contributed by atoms with van der Waals surface area (Å²) in [4.78, 5) is 11.2. The Balaban J connectivity index is 1.51. The van der Waals surface area contributed by atoms with Crippen molar-refractivity contribution in [3.8, 4) is 0 Å². The van der Waals surface area contributed by atoms with Crippen LogP contribution in [-0.4, -0.2) is 35.5 Å². The van der Waals surface area contributed by atoms with E-state index in [0.717, 1.165) is 32.1 Å². The second-order valence-electron chi connectivity index (χ2n) is 7.19. The lowest BCUT2D eigenvalue weighted by Gasteiger charge is -2.21. The average molecular weight is 326 g/mol. The van der Waals surface area contributed by atoms with Gasteiger partial charge in [0.05, 0.1) is 18.3 Å². The van der Waals surface area contributed by atoms with Crippen LogP contribution in [0.15, 0.2) is 0 Å². The molecule has 4 atom stereocenters. The molecule has 0 aromatic heterocycles. The molecule has 0 radical (unpaired) electrons. The predicted molar refractivity (Wildman–Crippen MR) is 90.2 cm³/mol. The van der Waals surface area contributed by atoms with E-state index in [2.05, 4.69) is 6.92 Å². The van der Waals surface area contributed by atoms with Crippen LogP contribution in [-0.2, 0) is 14.3 Å². The number of carbonyl (C=O) groups excluding carboxylic acids is 1. The van der Waals surface area contributed by atoms with Crippen molar-refractivity contribution in [2.45, 2.75) is 115 Å². The first-order valence-corrected chi connectivity index (χ1v) is 9.73. The number of cyclic esters (lactones) is 1. The number of hydrogen-bond donors (Lipinski definition) is 1. The normalized spacial score (nSPS) is 29.0. The zero-order chi connectivity index (χ0) is 16.5. The number of unbranched alkanes of at least 4 members (excludes halogenated alkanes) is 7. The first-order chi connectivity index (χ1) is 11.2. The van der Waals surface area contributed by atoms with Crippen molar-refractivity contribution in [1.29, 1.82) is 0 Å². The number of aliphatic hydroxyl groups is 1. The van der Waals surface area contributed by atoms with Crippen molar-refractivity contribution in [1.82, 2.24) is 0 Å². The molecule has 0 spiro atoms. The summed E-state index contributed by atoms with van der Waals surface area (Å²) in [6.07, 6.45) is 13.6. The van der Waals surface area contributed by atoms with Crippen molar-refractivity contribution in [2.24, 2.45) is 0 Å². The number of hydrogen-bond acceptors (Lipinski definition) is 4. The van der Waals surface area contributed by atoms with Gasteiger partial charge in [0, 0.05) is 6.42 Å². The highest BCUT2D eigenvalue weighted by molar-refractivity contribution is 5.71. The third kappa shape index (κ3) is 6.42. The predicted octanol–water partition coefficient (Wildman–Crippen LogP) is 4.13. The second-order valence-corrected chi connectivity index (χ2v) is 7.19. The molecule has 0 bridgehead atoms. The minimum absolute atomic E-state index is 0.000310. The standard InChI is InChI=1S/C19H34O4/c1-2-3-4-5-6-7-8-9-10-15(20)16-11-12-17(22-16)18-13-14-19(21)23-18/h15-18,20H,2-14H2,1H3/t15-,16-,17+,18+/m0/s1. The average Bonchev–Trinajstić information content (AvgIpc) is 3.18. The van der Waals surface area contributed by atoms with E-state index in [9.17, 15) is 9.90 Å². The second kappa shape index (κ2) is 10.3. The Morgan fingerprint density at radius 1 is 1.00 bits per heavy atom. The zero-order valence-corrected chi connectivity index (χ0v) is 14.7. The lowest BCUT2D eigenvalue weighted by Crippen LogP contribution is -2.30. The molecule has 2 heterocycles. The number of ether oxygens (including phenoxy) is 2. The molecule has 0 saturated carbocycles. The zero-order valence-electron chi connectivity index (χ0n) is 14.7. The highest BCUT2D eigenvalue weighted by Gasteiger charge is 2.39. The third-order valence-electron chi connectivity index (χ3n) is 5.20. The van der Waals surface area contributed by atoms with E-state index in [1.165, 1.54) is 44.9 Å². The summed E-state index contributed by atoms with van der Waals surface area (Å²) in [6.45, 7) is 2.24. The SMILES string of the molecule is CCCCCCCCCC[C@H](O)[C@@H]1CC[C@H]([C@H]2CCC(=O)O2)O1. The molecule has 1 N–H and O–H groups in total. The fourth-order valence-corrected chi connectivity index (χ4v) is 3.73. The van der Waals surface area contributed by atoms with E-state index < -0.39 is 0 Å². The molecule has 0 amide bonds. The van der Waals surface area contributed by atoms with Crippen LogP contribution in [0.5, 0.6) is 0 Å². The van der Waals surface area contributed by atoms with Crippen LogP contribution in [0.1, 0.15) is 90.4 Å². The summed E-state index contributed by atoms with van der Waals surface area (Å²) in [5.74, 6) is -0.110.